The minimum atomic E-state index is -0.105. The highest BCUT2D eigenvalue weighted by molar-refractivity contribution is 7.09. The molecule has 0 atom stereocenters. The van der Waals surface area contributed by atoms with Crippen LogP contribution in [-0.4, -0.2) is 8.80 Å². The molecule has 1 fully saturated rings. The van der Waals surface area contributed by atoms with Crippen LogP contribution in [0.4, 0.5) is 0 Å². The molecule has 80 valence electrons. The van der Waals surface area contributed by atoms with Crippen LogP contribution >= 0.6 is 11.3 Å². The second-order valence-corrected chi connectivity index (χ2v) is 8.99. The molecule has 1 aromatic rings. The first-order chi connectivity index (χ1) is 6.83. The predicted octanol–water partition coefficient (Wildman–Crippen LogP) is 4.47. The van der Waals surface area contributed by atoms with Gasteiger partial charge >= 0.3 is 0 Å². The molecule has 14 heavy (non-hydrogen) atoms. The van der Waals surface area contributed by atoms with Gasteiger partial charge in [-0.1, -0.05) is 50.4 Å². The van der Waals surface area contributed by atoms with E-state index in [4.69, 9.17) is 0 Å². The average Bonchev–Trinajstić information content (AvgIpc) is 2.71. The van der Waals surface area contributed by atoms with E-state index in [1.807, 2.05) is 0 Å². The van der Waals surface area contributed by atoms with Gasteiger partial charge in [-0.05, 0) is 18.4 Å². The Morgan fingerprint density at radius 3 is 2.29 bits per heavy atom. The van der Waals surface area contributed by atoms with Crippen LogP contribution in [0.3, 0.4) is 0 Å². The van der Waals surface area contributed by atoms with Crippen LogP contribution in [0, 0.1) is 6.92 Å². The van der Waals surface area contributed by atoms with Gasteiger partial charge in [-0.25, -0.2) is 0 Å². The molecule has 1 aliphatic heterocycles. The molecule has 1 aliphatic rings. The minimum Gasteiger partial charge on any atom is -0.149 e. The van der Waals surface area contributed by atoms with E-state index in [-0.39, 0.29) is 8.80 Å². The van der Waals surface area contributed by atoms with E-state index >= 15 is 0 Å². The van der Waals surface area contributed by atoms with Crippen molar-refractivity contribution in [3.63, 3.8) is 0 Å². The zero-order chi connectivity index (χ0) is 10.2. The quantitative estimate of drug-likeness (QED) is 0.620. The van der Waals surface area contributed by atoms with E-state index in [0.717, 1.165) is 0 Å². The van der Waals surface area contributed by atoms with Crippen molar-refractivity contribution in [3.05, 3.63) is 22.4 Å². The van der Waals surface area contributed by atoms with E-state index in [0.29, 0.717) is 0 Å². The molecule has 0 aromatic carbocycles. The summed E-state index contributed by atoms with van der Waals surface area (Å²) in [6, 6.07) is 9.01. The lowest BCUT2D eigenvalue weighted by atomic mass is 10.3. The van der Waals surface area contributed by atoms with Crippen molar-refractivity contribution in [3.8, 4) is 0 Å². The Balaban J connectivity index is 0.000000146. The smallest absolute Gasteiger partial charge is 0.0365 e. The van der Waals surface area contributed by atoms with Crippen LogP contribution in [-0.2, 0) is 0 Å². The fourth-order valence-corrected chi connectivity index (χ4v) is 5.32. The fourth-order valence-electron chi connectivity index (χ4n) is 1.96. The van der Waals surface area contributed by atoms with Crippen molar-refractivity contribution < 1.29 is 0 Å². The van der Waals surface area contributed by atoms with Crippen LogP contribution in [0.1, 0.15) is 31.1 Å². The highest BCUT2D eigenvalue weighted by Gasteiger charge is 2.11. The normalized spacial score (nSPS) is 17.3. The summed E-state index contributed by atoms with van der Waals surface area (Å²) in [7, 11) is -0.105. The second kappa shape index (κ2) is 7.24. The van der Waals surface area contributed by atoms with Crippen molar-refractivity contribution in [1.82, 2.24) is 0 Å². The van der Waals surface area contributed by atoms with Gasteiger partial charge in [-0.2, -0.15) is 0 Å². The van der Waals surface area contributed by atoms with Crippen molar-refractivity contribution in [1.29, 1.82) is 0 Å². The molecule has 0 nitrogen and oxygen atoms in total. The maximum Gasteiger partial charge on any atom is 0.0365 e. The first kappa shape index (κ1) is 12.0. The van der Waals surface area contributed by atoms with Crippen molar-refractivity contribution in [2.45, 2.75) is 51.2 Å². The molecule has 0 N–H and O–H groups in total. The summed E-state index contributed by atoms with van der Waals surface area (Å²) < 4.78 is 0. The van der Waals surface area contributed by atoms with Crippen molar-refractivity contribution in [2.75, 3.05) is 0 Å². The van der Waals surface area contributed by atoms with Crippen molar-refractivity contribution in [2.24, 2.45) is 0 Å². The molecule has 2 heteroatoms. The molecule has 0 bridgehead atoms. The molecule has 2 heterocycles. The lowest BCUT2D eigenvalue weighted by Crippen LogP contribution is -2.13. The van der Waals surface area contributed by atoms with Gasteiger partial charge in [0, 0.05) is 13.7 Å². The fraction of sp³-hybridized carbons (Fsp3) is 0.667. The zero-order valence-corrected chi connectivity index (χ0v) is 11.4. The lowest BCUT2D eigenvalue weighted by molar-refractivity contribution is 0.721. The monoisotopic (exact) mass is 226 g/mol. The zero-order valence-electron chi connectivity index (χ0n) is 9.46. The Morgan fingerprint density at radius 2 is 2.00 bits per heavy atom. The third-order valence-electron chi connectivity index (χ3n) is 2.97. The molecular formula is C12H22SSi. The average molecular weight is 226 g/mol. The van der Waals surface area contributed by atoms with Gasteiger partial charge in [-0.3, -0.25) is 0 Å². The topological polar surface area (TPSA) is 0 Å². The van der Waals surface area contributed by atoms with Gasteiger partial charge in [0.05, 0.1) is 0 Å². The number of hydrogen-bond donors (Lipinski definition) is 0. The molecule has 0 aliphatic carbocycles. The molecule has 0 saturated carbocycles. The SMILES string of the molecule is CC[SiH]1CCCCC1.Cc1cccs1. The van der Waals surface area contributed by atoms with E-state index in [9.17, 15) is 0 Å². The molecule has 1 aromatic heterocycles. The summed E-state index contributed by atoms with van der Waals surface area (Å²) in [6.07, 6.45) is 4.65. The number of rotatable bonds is 1. The number of thiophene rings is 1. The third-order valence-corrected chi connectivity index (χ3v) is 7.37. The molecule has 2 rings (SSSR count). The summed E-state index contributed by atoms with van der Waals surface area (Å²) >= 11 is 1.78. The van der Waals surface area contributed by atoms with E-state index in [1.165, 1.54) is 11.3 Å². The summed E-state index contributed by atoms with van der Waals surface area (Å²) in [6.45, 7) is 4.48. The Kier molecular flexibility index (Phi) is 6.20. The Hall–Kier alpha value is -0.0831. The maximum atomic E-state index is 2.38. The molecule has 0 amide bonds. The maximum absolute atomic E-state index is 2.38. The van der Waals surface area contributed by atoms with E-state index < -0.39 is 0 Å². The molecule has 0 radical (unpaired) electrons. The summed E-state index contributed by atoms with van der Waals surface area (Å²) in [4.78, 5) is 1.38. The first-order valence-electron chi connectivity index (χ1n) is 5.83. The summed E-state index contributed by atoms with van der Waals surface area (Å²) in [5.41, 5.74) is 0. The summed E-state index contributed by atoms with van der Waals surface area (Å²) in [5, 5.41) is 2.08. The van der Waals surface area contributed by atoms with Crippen LogP contribution < -0.4 is 0 Å². The van der Waals surface area contributed by atoms with Gasteiger partial charge in [-0.15, -0.1) is 11.3 Å². The third kappa shape index (κ3) is 4.96. The molecular weight excluding hydrogens is 204 g/mol. The van der Waals surface area contributed by atoms with Gasteiger partial charge in [0.1, 0.15) is 0 Å². The van der Waals surface area contributed by atoms with Gasteiger partial charge < -0.3 is 0 Å². The standard InChI is InChI=1S/C7H16Si.C5H6S/c1-2-8-6-4-3-5-7-8;1-5-3-2-4-6-5/h8H,2-7H2,1H3;2-4H,1H3. The Bertz CT molecular complexity index is 212. The lowest BCUT2D eigenvalue weighted by Gasteiger charge is -2.17. The van der Waals surface area contributed by atoms with E-state index in [2.05, 4.69) is 31.4 Å². The van der Waals surface area contributed by atoms with Crippen LogP contribution in [0.5, 0.6) is 0 Å². The predicted molar refractivity (Wildman–Crippen MR) is 70.2 cm³/mol. The number of hydrogen-bond acceptors (Lipinski definition) is 1. The second-order valence-electron chi connectivity index (χ2n) is 4.14. The first-order valence-corrected chi connectivity index (χ1v) is 9.16. The Morgan fingerprint density at radius 1 is 1.29 bits per heavy atom. The van der Waals surface area contributed by atoms with Gasteiger partial charge in [0.25, 0.3) is 0 Å². The molecule has 0 unspecified atom stereocenters. The molecule has 1 saturated heterocycles. The van der Waals surface area contributed by atoms with Crippen molar-refractivity contribution >= 4 is 20.1 Å². The highest BCUT2D eigenvalue weighted by atomic mass is 32.1. The Labute approximate surface area is 94.0 Å². The van der Waals surface area contributed by atoms with E-state index in [1.54, 1.807) is 42.3 Å². The van der Waals surface area contributed by atoms with Gasteiger partial charge in [0.2, 0.25) is 0 Å². The minimum absolute atomic E-state index is 0.105. The largest absolute Gasteiger partial charge is 0.149 e. The van der Waals surface area contributed by atoms with Crippen LogP contribution in [0.25, 0.3) is 0 Å². The summed E-state index contributed by atoms with van der Waals surface area (Å²) in [5.74, 6) is 0. The number of aryl methyl sites for hydroxylation is 1. The highest BCUT2D eigenvalue weighted by Crippen LogP contribution is 2.20. The molecule has 0 spiro atoms. The van der Waals surface area contributed by atoms with Gasteiger partial charge in [0.15, 0.2) is 0 Å². The van der Waals surface area contributed by atoms with Crippen LogP contribution in [0.15, 0.2) is 17.5 Å². The van der Waals surface area contributed by atoms with Crippen LogP contribution in [0.2, 0.25) is 18.1 Å².